The molecule has 3 N–H and O–H groups in total. The number of fused-ring (bicyclic) bond motifs is 1. The number of anilines is 1. The maximum absolute atomic E-state index is 12.1. The zero-order chi connectivity index (χ0) is 20.1. The second-order valence-corrected chi connectivity index (χ2v) is 7.28. The van der Waals surface area contributed by atoms with Gasteiger partial charge >= 0.3 is 0 Å². The fourth-order valence-electron chi connectivity index (χ4n) is 3.32. The summed E-state index contributed by atoms with van der Waals surface area (Å²) in [6.45, 7) is 1.50. The molecule has 1 fully saturated rings. The molecule has 0 saturated heterocycles. The van der Waals surface area contributed by atoms with Gasteiger partial charge in [0.05, 0.1) is 0 Å². The van der Waals surface area contributed by atoms with Crippen molar-refractivity contribution in [2.45, 2.75) is 32.4 Å². The van der Waals surface area contributed by atoms with Gasteiger partial charge in [0, 0.05) is 31.7 Å². The van der Waals surface area contributed by atoms with Crippen molar-refractivity contribution in [2.24, 2.45) is 10.9 Å². The molecule has 1 aliphatic heterocycles. The highest BCUT2D eigenvalue weighted by Gasteiger charge is 2.25. The third-order valence-corrected chi connectivity index (χ3v) is 5.25. The van der Waals surface area contributed by atoms with Crippen LogP contribution in [0.1, 0.15) is 30.4 Å². The number of guanidine groups is 1. The number of aliphatic imine (C=N–C) groups is 1. The Morgan fingerprint density at radius 3 is 2.47 bits per heavy atom. The van der Waals surface area contributed by atoms with Gasteiger partial charge in [-0.3, -0.25) is 9.79 Å². The molecule has 0 radical (unpaired) electrons. The van der Waals surface area contributed by atoms with Crippen molar-refractivity contribution in [1.29, 1.82) is 0 Å². The first-order valence-electron chi connectivity index (χ1n) is 9.94. The number of benzene rings is 2. The fraction of sp³-hybridized carbons (Fsp3) is 0.364. The van der Waals surface area contributed by atoms with Gasteiger partial charge in [-0.05, 0) is 48.2 Å². The number of hydrogen-bond acceptors (Lipinski definition) is 4. The second-order valence-electron chi connectivity index (χ2n) is 7.28. The average Bonchev–Trinajstić information content (AvgIpc) is 3.15. The Bertz CT molecular complexity index is 915. The zero-order valence-electron chi connectivity index (χ0n) is 16.9. The molecule has 1 saturated carbocycles. The molecule has 0 aromatic heterocycles. The number of nitrogens with one attached hydrogen (secondary N) is 3. The van der Waals surface area contributed by atoms with Gasteiger partial charge in [0.15, 0.2) is 17.5 Å². The summed E-state index contributed by atoms with van der Waals surface area (Å²) in [6, 6.07) is 13.8. The minimum Gasteiger partial charge on any atom is -0.454 e. The Hall–Kier alpha value is -2.49. The molecule has 4 rings (SSSR count). The minimum absolute atomic E-state index is 0. The molecular formula is C22H27IN4O3. The zero-order valence-corrected chi connectivity index (χ0v) is 19.3. The van der Waals surface area contributed by atoms with Gasteiger partial charge in [0.25, 0.3) is 0 Å². The third-order valence-electron chi connectivity index (χ3n) is 5.25. The lowest BCUT2D eigenvalue weighted by Gasteiger charge is -2.24. The van der Waals surface area contributed by atoms with Crippen LogP contribution in [0.25, 0.3) is 0 Å². The predicted octanol–water partition coefficient (Wildman–Crippen LogP) is 3.64. The van der Waals surface area contributed by atoms with E-state index in [2.05, 4.69) is 20.9 Å². The summed E-state index contributed by atoms with van der Waals surface area (Å²) in [5.41, 5.74) is 2.99. The van der Waals surface area contributed by atoms with E-state index >= 15 is 0 Å². The number of carbonyl (C=O) groups is 1. The van der Waals surface area contributed by atoms with Crippen LogP contribution in [0.5, 0.6) is 11.5 Å². The highest BCUT2D eigenvalue weighted by atomic mass is 127. The first-order chi connectivity index (χ1) is 14.2. The fourth-order valence-corrected chi connectivity index (χ4v) is 3.32. The lowest BCUT2D eigenvalue weighted by molar-refractivity contribution is -0.122. The lowest BCUT2D eigenvalue weighted by atomic mass is 9.85. The molecule has 2 aliphatic rings. The number of rotatable bonds is 6. The first-order valence-corrected chi connectivity index (χ1v) is 9.94. The van der Waals surface area contributed by atoms with Gasteiger partial charge in [0.2, 0.25) is 12.7 Å². The number of hydrogen-bond donors (Lipinski definition) is 3. The molecule has 160 valence electrons. The van der Waals surface area contributed by atoms with Crippen LogP contribution in [-0.2, 0) is 17.9 Å². The van der Waals surface area contributed by atoms with E-state index in [1.165, 1.54) is 0 Å². The maximum atomic E-state index is 12.1. The molecular weight excluding hydrogens is 495 g/mol. The third kappa shape index (κ3) is 5.56. The summed E-state index contributed by atoms with van der Waals surface area (Å²) >= 11 is 0. The lowest BCUT2D eigenvalue weighted by Crippen LogP contribution is -2.36. The number of nitrogens with zero attached hydrogens (tertiary/aromatic N) is 1. The van der Waals surface area contributed by atoms with Crippen LogP contribution in [0.2, 0.25) is 0 Å². The molecule has 2 aromatic rings. The van der Waals surface area contributed by atoms with Gasteiger partial charge in [-0.15, -0.1) is 24.0 Å². The van der Waals surface area contributed by atoms with Crippen LogP contribution >= 0.6 is 24.0 Å². The van der Waals surface area contributed by atoms with Gasteiger partial charge < -0.3 is 25.4 Å². The largest absolute Gasteiger partial charge is 0.454 e. The monoisotopic (exact) mass is 522 g/mol. The molecule has 2 aromatic carbocycles. The minimum atomic E-state index is 0. The van der Waals surface area contributed by atoms with Gasteiger partial charge in [0.1, 0.15) is 0 Å². The molecule has 0 spiro atoms. The smallest absolute Gasteiger partial charge is 0.231 e. The second kappa shape index (κ2) is 10.5. The van der Waals surface area contributed by atoms with Gasteiger partial charge in [-0.1, -0.05) is 24.6 Å². The van der Waals surface area contributed by atoms with E-state index in [4.69, 9.17) is 9.47 Å². The molecule has 1 amide bonds. The highest BCUT2D eigenvalue weighted by molar-refractivity contribution is 14.0. The van der Waals surface area contributed by atoms with Crippen molar-refractivity contribution in [1.82, 2.24) is 10.6 Å². The normalized spacial score (nSPS) is 15.0. The summed E-state index contributed by atoms with van der Waals surface area (Å²) in [7, 11) is 1.74. The topological polar surface area (TPSA) is 84.0 Å². The van der Waals surface area contributed by atoms with Crippen molar-refractivity contribution >= 4 is 41.5 Å². The summed E-state index contributed by atoms with van der Waals surface area (Å²) in [5.74, 6) is 2.55. The number of amides is 1. The van der Waals surface area contributed by atoms with Crippen molar-refractivity contribution < 1.29 is 14.3 Å². The number of halogens is 1. The van der Waals surface area contributed by atoms with Crippen LogP contribution in [0.15, 0.2) is 47.5 Å². The maximum Gasteiger partial charge on any atom is 0.231 e. The quantitative estimate of drug-likeness (QED) is 0.307. The van der Waals surface area contributed by atoms with E-state index in [-0.39, 0.29) is 42.6 Å². The van der Waals surface area contributed by atoms with Crippen LogP contribution < -0.4 is 25.4 Å². The summed E-state index contributed by atoms with van der Waals surface area (Å²) in [6.07, 6.45) is 3.15. The summed E-state index contributed by atoms with van der Waals surface area (Å²) < 4.78 is 10.8. The van der Waals surface area contributed by atoms with Crippen LogP contribution in [0.3, 0.4) is 0 Å². The SMILES string of the molecule is CN=C(NCc1cccc(NC(=O)C2CCC2)c1)NCc1ccc2c(c1)OCO2.I. The van der Waals surface area contributed by atoms with E-state index < -0.39 is 0 Å². The van der Waals surface area contributed by atoms with Crippen molar-refractivity contribution in [2.75, 3.05) is 19.2 Å². The molecule has 0 atom stereocenters. The summed E-state index contributed by atoms with van der Waals surface area (Å²) in [4.78, 5) is 16.4. The molecule has 7 nitrogen and oxygen atoms in total. The Kier molecular flexibility index (Phi) is 7.78. The average molecular weight is 522 g/mol. The van der Waals surface area contributed by atoms with Crippen molar-refractivity contribution in [3.63, 3.8) is 0 Å². The van der Waals surface area contributed by atoms with Crippen molar-refractivity contribution in [3.8, 4) is 11.5 Å². The Morgan fingerprint density at radius 1 is 1.03 bits per heavy atom. The first kappa shape index (κ1) is 22.2. The van der Waals surface area contributed by atoms with E-state index in [0.717, 1.165) is 47.6 Å². The highest BCUT2D eigenvalue weighted by Crippen LogP contribution is 2.32. The van der Waals surface area contributed by atoms with E-state index in [9.17, 15) is 4.79 Å². The van der Waals surface area contributed by atoms with Crippen LogP contribution in [-0.4, -0.2) is 25.7 Å². The predicted molar refractivity (Wildman–Crippen MR) is 127 cm³/mol. The van der Waals surface area contributed by atoms with Crippen LogP contribution in [0.4, 0.5) is 5.69 Å². The Labute approximate surface area is 193 Å². The molecule has 1 aliphatic carbocycles. The Morgan fingerprint density at radius 2 is 1.77 bits per heavy atom. The number of carbonyl (C=O) groups excluding carboxylic acids is 1. The molecule has 1 heterocycles. The Balaban J connectivity index is 0.00000256. The van der Waals surface area contributed by atoms with Gasteiger partial charge in [-0.25, -0.2) is 0 Å². The molecule has 0 bridgehead atoms. The van der Waals surface area contributed by atoms with Crippen molar-refractivity contribution in [3.05, 3.63) is 53.6 Å². The molecule has 0 unspecified atom stereocenters. The van der Waals surface area contributed by atoms with E-state index in [0.29, 0.717) is 19.0 Å². The van der Waals surface area contributed by atoms with Gasteiger partial charge in [-0.2, -0.15) is 0 Å². The molecule has 8 heteroatoms. The van der Waals surface area contributed by atoms with E-state index in [1.54, 1.807) is 7.05 Å². The molecule has 30 heavy (non-hydrogen) atoms. The standard InChI is InChI=1S/C22H26N4O3.HI/c1-23-22(25-13-16-8-9-19-20(11-16)29-14-28-19)24-12-15-4-2-7-18(10-15)26-21(27)17-5-3-6-17;/h2,4,7-11,17H,3,5-6,12-14H2,1H3,(H,26,27)(H2,23,24,25);1H. The number of ether oxygens (including phenoxy) is 2. The van der Waals surface area contributed by atoms with E-state index in [1.807, 2.05) is 42.5 Å². The van der Waals surface area contributed by atoms with Crippen LogP contribution in [0, 0.1) is 5.92 Å². The summed E-state index contributed by atoms with van der Waals surface area (Å²) in [5, 5.41) is 9.62.